The monoisotopic (exact) mass is 550 g/mol. The normalized spacial score (nSPS) is 12.4. The Kier molecular flexibility index (Phi) is 15.4. The van der Waals surface area contributed by atoms with Crippen LogP contribution in [0.4, 0.5) is 0 Å². The Morgan fingerprint density at radius 2 is 1.10 bits per heavy atom. The van der Waals surface area contributed by atoms with Crippen LogP contribution in [0.1, 0.15) is 98.5 Å². The number of ether oxygens (including phenoxy) is 5. The van der Waals surface area contributed by atoms with Gasteiger partial charge in [-0.3, -0.25) is 19.2 Å². The SMILES string of the molecule is CC(C)(C)OC(=O)CCCCC(=O)OC[C@H](COCc1ccccc1)OC(=O)CCCCC(=O)OC(C)(C)C. The third-order valence-corrected chi connectivity index (χ3v) is 5.01. The lowest BCUT2D eigenvalue weighted by atomic mass is 10.1. The van der Waals surface area contributed by atoms with Crippen molar-refractivity contribution in [2.24, 2.45) is 0 Å². The maximum Gasteiger partial charge on any atom is 0.306 e. The van der Waals surface area contributed by atoms with Crippen LogP contribution in [0, 0.1) is 0 Å². The van der Waals surface area contributed by atoms with Gasteiger partial charge in [-0.15, -0.1) is 0 Å². The summed E-state index contributed by atoms with van der Waals surface area (Å²) in [6.45, 7) is 11.1. The Morgan fingerprint density at radius 1 is 0.641 bits per heavy atom. The minimum Gasteiger partial charge on any atom is -0.462 e. The number of hydrogen-bond acceptors (Lipinski definition) is 9. The van der Waals surface area contributed by atoms with E-state index in [4.69, 9.17) is 23.7 Å². The first kappa shape index (κ1) is 34.1. The van der Waals surface area contributed by atoms with Crippen LogP contribution in [0.25, 0.3) is 0 Å². The topological polar surface area (TPSA) is 114 Å². The summed E-state index contributed by atoms with van der Waals surface area (Å²) in [7, 11) is 0. The fourth-order valence-electron chi connectivity index (χ4n) is 3.36. The zero-order valence-electron chi connectivity index (χ0n) is 24.4. The summed E-state index contributed by atoms with van der Waals surface area (Å²) in [6.07, 6.45) is 1.89. The summed E-state index contributed by atoms with van der Waals surface area (Å²) < 4.78 is 27.1. The Morgan fingerprint density at radius 3 is 1.59 bits per heavy atom. The molecule has 0 saturated heterocycles. The van der Waals surface area contributed by atoms with Crippen molar-refractivity contribution >= 4 is 23.9 Å². The third-order valence-electron chi connectivity index (χ3n) is 5.01. The summed E-state index contributed by atoms with van der Waals surface area (Å²) in [5.74, 6) is -1.51. The van der Waals surface area contributed by atoms with Crippen LogP contribution in [0.15, 0.2) is 30.3 Å². The van der Waals surface area contributed by atoms with Gasteiger partial charge in [-0.05, 0) is 72.8 Å². The van der Waals surface area contributed by atoms with Gasteiger partial charge in [-0.25, -0.2) is 0 Å². The second-order valence-electron chi connectivity index (χ2n) is 11.4. The van der Waals surface area contributed by atoms with Crippen molar-refractivity contribution in [2.45, 2.75) is 117 Å². The van der Waals surface area contributed by atoms with Gasteiger partial charge in [0.05, 0.1) is 13.2 Å². The lowest BCUT2D eigenvalue weighted by molar-refractivity contribution is -0.163. The molecule has 0 N–H and O–H groups in total. The van der Waals surface area contributed by atoms with Crippen molar-refractivity contribution in [2.75, 3.05) is 13.2 Å². The molecule has 1 aromatic rings. The maximum atomic E-state index is 12.4. The Hall–Kier alpha value is -2.94. The van der Waals surface area contributed by atoms with Crippen LogP contribution >= 0.6 is 0 Å². The van der Waals surface area contributed by atoms with E-state index in [-0.39, 0.29) is 50.8 Å². The average Bonchev–Trinajstić information content (AvgIpc) is 2.81. The molecule has 0 aliphatic heterocycles. The first-order valence-corrected chi connectivity index (χ1v) is 13.6. The van der Waals surface area contributed by atoms with Crippen molar-refractivity contribution in [1.29, 1.82) is 0 Å². The predicted octanol–water partition coefficient (Wildman–Crippen LogP) is 5.46. The number of unbranched alkanes of at least 4 members (excludes halogenated alkanes) is 2. The molecule has 0 radical (unpaired) electrons. The zero-order valence-corrected chi connectivity index (χ0v) is 24.4. The van der Waals surface area contributed by atoms with E-state index < -0.39 is 29.2 Å². The number of carbonyl (C=O) groups excluding carboxylic acids is 4. The van der Waals surface area contributed by atoms with Gasteiger partial charge in [-0.1, -0.05) is 30.3 Å². The van der Waals surface area contributed by atoms with E-state index in [9.17, 15) is 19.2 Å². The van der Waals surface area contributed by atoms with Crippen molar-refractivity contribution in [3.8, 4) is 0 Å². The summed E-state index contributed by atoms with van der Waals surface area (Å²) in [4.78, 5) is 48.2. The molecular formula is C30H46O9. The highest BCUT2D eigenvalue weighted by Gasteiger charge is 2.20. The van der Waals surface area contributed by atoms with Gasteiger partial charge in [-0.2, -0.15) is 0 Å². The lowest BCUT2D eigenvalue weighted by Gasteiger charge is -2.20. The summed E-state index contributed by atoms with van der Waals surface area (Å²) >= 11 is 0. The van der Waals surface area contributed by atoms with E-state index in [1.807, 2.05) is 30.3 Å². The van der Waals surface area contributed by atoms with Gasteiger partial charge in [0, 0.05) is 25.7 Å². The second kappa shape index (κ2) is 17.6. The number of esters is 4. The van der Waals surface area contributed by atoms with Gasteiger partial charge in [0.25, 0.3) is 0 Å². The molecule has 1 aromatic carbocycles. The van der Waals surface area contributed by atoms with Crippen LogP contribution in [0.2, 0.25) is 0 Å². The van der Waals surface area contributed by atoms with Gasteiger partial charge >= 0.3 is 23.9 Å². The molecule has 0 saturated carbocycles. The van der Waals surface area contributed by atoms with Crippen LogP contribution in [0.3, 0.4) is 0 Å². The molecule has 0 bridgehead atoms. The Labute approximate surface area is 232 Å². The zero-order chi connectivity index (χ0) is 29.3. The number of hydrogen-bond donors (Lipinski definition) is 0. The molecule has 1 atom stereocenters. The van der Waals surface area contributed by atoms with Crippen LogP contribution in [-0.2, 0) is 49.5 Å². The molecule has 39 heavy (non-hydrogen) atoms. The fraction of sp³-hybridized carbons (Fsp3) is 0.667. The third kappa shape index (κ3) is 19.7. The highest BCUT2D eigenvalue weighted by molar-refractivity contribution is 5.72. The number of carbonyl (C=O) groups is 4. The molecule has 0 fully saturated rings. The van der Waals surface area contributed by atoms with E-state index in [0.29, 0.717) is 32.3 Å². The molecular weight excluding hydrogens is 504 g/mol. The average molecular weight is 551 g/mol. The van der Waals surface area contributed by atoms with Crippen LogP contribution < -0.4 is 0 Å². The van der Waals surface area contributed by atoms with Gasteiger partial charge in [0.2, 0.25) is 0 Å². The summed E-state index contributed by atoms with van der Waals surface area (Å²) in [5.41, 5.74) is -0.117. The van der Waals surface area contributed by atoms with E-state index >= 15 is 0 Å². The number of rotatable bonds is 17. The molecule has 0 amide bonds. The molecule has 0 spiro atoms. The lowest BCUT2D eigenvalue weighted by Crippen LogP contribution is -2.29. The molecule has 9 nitrogen and oxygen atoms in total. The smallest absolute Gasteiger partial charge is 0.306 e. The molecule has 9 heteroatoms. The minimum atomic E-state index is -0.766. The van der Waals surface area contributed by atoms with Gasteiger partial charge < -0.3 is 23.7 Å². The first-order valence-electron chi connectivity index (χ1n) is 13.6. The molecule has 0 unspecified atom stereocenters. The van der Waals surface area contributed by atoms with Crippen molar-refractivity contribution in [3.63, 3.8) is 0 Å². The predicted molar refractivity (Wildman–Crippen MR) is 146 cm³/mol. The molecule has 0 aromatic heterocycles. The Bertz CT molecular complexity index is 882. The molecule has 0 aliphatic carbocycles. The first-order chi connectivity index (χ1) is 18.2. The molecule has 1 rings (SSSR count). The fourth-order valence-corrected chi connectivity index (χ4v) is 3.36. The van der Waals surface area contributed by atoms with Gasteiger partial charge in [0.15, 0.2) is 6.10 Å². The number of benzene rings is 1. The van der Waals surface area contributed by atoms with E-state index in [0.717, 1.165) is 5.56 Å². The minimum absolute atomic E-state index is 0.0600. The molecule has 0 aliphatic rings. The van der Waals surface area contributed by atoms with Gasteiger partial charge in [0.1, 0.15) is 17.8 Å². The molecule has 220 valence electrons. The Balaban J connectivity index is 2.44. The maximum absolute atomic E-state index is 12.4. The van der Waals surface area contributed by atoms with E-state index in [2.05, 4.69) is 0 Å². The van der Waals surface area contributed by atoms with Crippen LogP contribution in [0.5, 0.6) is 0 Å². The highest BCUT2D eigenvalue weighted by Crippen LogP contribution is 2.13. The van der Waals surface area contributed by atoms with Crippen LogP contribution in [-0.4, -0.2) is 54.4 Å². The molecule has 0 heterocycles. The largest absolute Gasteiger partial charge is 0.462 e. The van der Waals surface area contributed by atoms with Crippen molar-refractivity contribution < 1.29 is 42.9 Å². The standard InChI is InChI=1S/C30H46O9/c1-29(2,3)38-27(33)18-12-10-16-25(31)36-22-24(21-35-20-23-14-8-7-9-15-23)37-26(32)17-11-13-19-28(34)39-30(4,5)6/h7-9,14-15,24H,10-13,16-22H2,1-6H3/t24-/m0/s1. The summed E-state index contributed by atoms with van der Waals surface area (Å²) in [6, 6.07) is 9.55. The van der Waals surface area contributed by atoms with Crippen molar-refractivity contribution in [3.05, 3.63) is 35.9 Å². The quantitative estimate of drug-likeness (QED) is 0.142. The summed E-state index contributed by atoms with van der Waals surface area (Å²) in [5, 5.41) is 0. The van der Waals surface area contributed by atoms with E-state index in [1.165, 1.54) is 0 Å². The van der Waals surface area contributed by atoms with Crippen molar-refractivity contribution in [1.82, 2.24) is 0 Å². The van der Waals surface area contributed by atoms with E-state index in [1.54, 1.807) is 41.5 Å². The second-order valence-corrected chi connectivity index (χ2v) is 11.4. The highest BCUT2D eigenvalue weighted by atomic mass is 16.6.